The molecule has 0 aliphatic rings. The fourth-order valence-electron chi connectivity index (χ4n) is 1.75. The van der Waals surface area contributed by atoms with Crippen molar-refractivity contribution in [1.29, 1.82) is 0 Å². The van der Waals surface area contributed by atoms with Crippen LogP contribution < -0.4 is 0 Å². The van der Waals surface area contributed by atoms with Gasteiger partial charge in [0.1, 0.15) is 0 Å². The molecule has 2 aromatic carbocycles. The fraction of sp³-hybridized carbons (Fsp3) is 0.143. The van der Waals surface area contributed by atoms with Crippen molar-refractivity contribution in [2.24, 2.45) is 0 Å². The number of hydrogen-bond donors (Lipinski definition) is 0. The molecule has 0 fully saturated rings. The van der Waals surface area contributed by atoms with E-state index in [1.54, 1.807) is 0 Å². The maximum absolute atomic E-state index is 11.5. The van der Waals surface area contributed by atoms with Crippen LogP contribution in [0.1, 0.15) is 5.56 Å². The number of hydrogen-bond acceptors (Lipinski definition) is 5. The maximum atomic E-state index is 11.5. The Hall–Kier alpha value is -1.86. The van der Waals surface area contributed by atoms with E-state index in [2.05, 4.69) is 0 Å². The highest BCUT2D eigenvalue weighted by Gasteiger charge is 2.19. The highest BCUT2D eigenvalue weighted by atomic mass is 32.2. The number of nitrogens with zero attached hydrogens (tertiary/aromatic N) is 1. The van der Waals surface area contributed by atoms with Crippen molar-refractivity contribution >= 4 is 27.3 Å². The summed E-state index contributed by atoms with van der Waals surface area (Å²) < 4.78 is 23.0. The normalized spacial score (nSPS) is 11.3. The minimum atomic E-state index is -3.47. The van der Waals surface area contributed by atoms with Crippen molar-refractivity contribution in [2.45, 2.75) is 21.6 Å². The number of nitro groups is 1. The first-order valence-electron chi connectivity index (χ1n) is 6.01. The molecule has 7 heteroatoms. The Balaban J connectivity index is 2.50. The predicted molar refractivity (Wildman–Crippen MR) is 81.5 cm³/mol. The fourth-order valence-corrected chi connectivity index (χ4v) is 3.37. The zero-order valence-electron chi connectivity index (χ0n) is 11.4. The highest BCUT2D eigenvalue weighted by Crippen LogP contribution is 2.37. The molecule has 0 saturated heterocycles. The molecular weight excluding hydrogens is 310 g/mol. The Morgan fingerprint density at radius 3 is 2.33 bits per heavy atom. The lowest BCUT2D eigenvalue weighted by atomic mass is 10.2. The molecule has 21 heavy (non-hydrogen) atoms. The first-order valence-corrected chi connectivity index (χ1v) is 8.72. The van der Waals surface area contributed by atoms with Gasteiger partial charge in [-0.25, -0.2) is 8.42 Å². The molecule has 2 rings (SSSR count). The number of nitro benzene ring substituents is 1. The summed E-state index contributed by atoms with van der Waals surface area (Å²) in [5.74, 6) is 0. The van der Waals surface area contributed by atoms with Gasteiger partial charge in [-0.1, -0.05) is 30.0 Å². The molecule has 0 heterocycles. The summed E-state index contributed by atoms with van der Waals surface area (Å²) in [4.78, 5) is 11.9. The van der Waals surface area contributed by atoms with Gasteiger partial charge in [-0.05, 0) is 30.7 Å². The molecule has 0 spiro atoms. The average molecular weight is 323 g/mol. The van der Waals surface area contributed by atoms with Crippen LogP contribution in [0.4, 0.5) is 5.69 Å². The predicted octanol–water partition coefficient (Wildman–Crippen LogP) is 3.46. The van der Waals surface area contributed by atoms with Crippen molar-refractivity contribution in [2.75, 3.05) is 6.26 Å². The summed E-state index contributed by atoms with van der Waals surface area (Å²) in [5.41, 5.74) is 0.801. The van der Waals surface area contributed by atoms with E-state index < -0.39 is 14.8 Å². The van der Waals surface area contributed by atoms with Gasteiger partial charge in [0, 0.05) is 17.2 Å². The van der Waals surface area contributed by atoms with E-state index in [0.717, 1.165) is 22.8 Å². The summed E-state index contributed by atoms with van der Waals surface area (Å²) in [6.45, 7) is 1.92. The molecular formula is C14H13NO4S2. The van der Waals surface area contributed by atoms with Gasteiger partial charge in [-0.3, -0.25) is 10.1 Å². The quantitative estimate of drug-likeness (QED) is 0.636. The average Bonchev–Trinajstić information content (AvgIpc) is 2.40. The Kier molecular flexibility index (Phi) is 4.34. The topological polar surface area (TPSA) is 77.3 Å². The molecule has 0 aliphatic carbocycles. The zero-order valence-corrected chi connectivity index (χ0v) is 13.1. The monoisotopic (exact) mass is 323 g/mol. The molecule has 0 atom stereocenters. The minimum absolute atomic E-state index is 0.0525. The van der Waals surface area contributed by atoms with Crippen LogP contribution in [0.5, 0.6) is 0 Å². The molecule has 0 unspecified atom stereocenters. The first-order chi connectivity index (χ1) is 9.79. The van der Waals surface area contributed by atoms with Crippen LogP contribution >= 0.6 is 11.8 Å². The molecule has 0 N–H and O–H groups in total. The Labute approximate surface area is 127 Å². The summed E-state index contributed by atoms with van der Waals surface area (Å²) >= 11 is 1.25. The molecule has 5 nitrogen and oxygen atoms in total. The van der Waals surface area contributed by atoms with Crippen LogP contribution in [-0.2, 0) is 9.84 Å². The van der Waals surface area contributed by atoms with Crippen LogP contribution in [0.3, 0.4) is 0 Å². The summed E-state index contributed by atoms with van der Waals surface area (Å²) in [7, 11) is -3.47. The van der Waals surface area contributed by atoms with Gasteiger partial charge >= 0.3 is 0 Å². The van der Waals surface area contributed by atoms with Crippen LogP contribution in [0, 0.1) is 17.0 Å². The Morgan fingerprint density at radius 1 is 1.10 bits per heavy atom. The van der Waals surface area contributed by atoms with Gasteiger partial charge in [-0.2, -0.15) is 0 Å². The highest BCUT2D eigenvalue weighted by molar-refractivity contribution is 7.99. The van der Waals surface area contributed by atoms with E-state index in [1.165, 1.54) is 23.9 Å². The van der Waals surface area contributed by atoms with Crippen molar-refractivity contribution in [1.82, 2.24) is 0 Å². The van der Waals surface area contributed by atoms with Gasteiger partial charge in [0.2, 0.25) is 0 Å². The number of sulfone groups is 1. The summed E-state index contributed by atoms with van der Waals surface area (Å²) in [6, 6.07) is 11.5. The van der Waals surface area contributed by atoms with Gasteiger partial charge in [0.05, 0.1) is 14.7 Å². The summed E-state index contributed by atoms with van der Waals surface area (Å²) in [6.07, 6.45) is 1.03. The standard InChI is InChI=1S/C14H13NO4S2/c1-10-5-3-4-6-13(10)20-14-8-7-11(21(2,18)19)9-12(14)15(16)17/h3-9H,1-2H3. The van der Waals surface area contributed by atoms with E-state index in [-0.39, 0.29) is 10.6 Å². The molecule has 110 valence electrons. The SMILES string of the molecule is Cc1ccccc1Sc1ccc(S(C)(=O)=O)cc1[N+](=O)[O-]. The van der Waals surface area contributed by atoms with E-state index in [0.29, 0.717) is 4.90 Å². The first kappa shape index (κ1) is 15.5. The second-order valence-electron chi connectivity index (χ2n) is 4.53. The minimum Gasteiger partial charge on any atom is -0.258 e. The smallest absolute Gasteiger partial charge is 0.258 e. The third kappa shape index (κ3) is 3.62. The lowest BCUT2D eigenvalue weighted by molar-refractivity contribution is -0.388. The zero-order chi connectivity index (χ0) is 15.6. The molecule has 0 saturated carbocycles. The molecule has 2 aromatic rings. The summed E-state index contributed by atoms with van der Waals surface area (Å²) in [5, 5.41) is 11.2. The van der Waals surface area contributed by atoms with Crippen LogP contribution in [0.15, 0.2) is 57.2 Å². The maximum Gasteiger partial charge on any atom is 0.284 e. The van der Waals surface area contributed by atoms with Crippen LogP contribution in [-0.4, -0.2) is 19.6 Å². The largest absolute Gasteiger partial charge is 0.284 e. The van der Waals surface area contributed by atoms with Gasteiger partial charge in [0.25, 0.3) is 5.69 Å². The molecule has 0 bridgehead atoms. The van der Waals surface area contributed by atoms with Crippen molar-refractivity contribution in [3.63, 3.8) is 0 Å². The van der Waals surface area contributed by atoms with Gasteiger partial charge in [0.15, 0.2) is 9.84 Å². The van der Waals surface area contributed by atoms with Crippen LogP contribution in [0.25, 0.3) is 0 Å². The van der Waals surface area contributed by atoms with Crippen molar-refractivity contribution in [3.8, 4) is 0 Å². The lowest BCUT2D eigenvalue weighted by Gasteiger charge is -2.07. The molecule has 0 radical (unpaired) electrons. The third-order valence-electron chi connectivity index (χ3n) is 2.87. The van der Waals surface area contributed by atoms with Crippen molar-refractivity contribution < 1.29 is 13.3 Å². The Morgan fingerprint density at radius 2 is 1.76 bits per heavy atom. The Bertz CT molecular complexity index is 800. The third-order valence-corrected chi connectivity index (χ3v) is 5.22. The second-order valence-corrected chi connectivity index (χ2v) is 7.63. The van der Waals surface area contributed by atoms with E-state index >= 15 is 0 Å². The molecule has 0 aromatic heterocycles. The number of rotatable bonds is 4. The van der Waals surface area contributed by atoms with E-state index in [1.807, 2.05) is 31.2 Å². The van der Waals surface area contributed by atoms with E-state index in [4.69, 9.17) is 0 Å². The lowest BCUT2D eigenvalue weighted by Crippen LogP contribution is -1.99. The van der Waals surface area contributed by atoms with Gasteiger partial charge in [-0.15, -0.1) is 0 Å². The van der Waals surface area contributed by atoms with E-state index in [9.17, 15) is 18.5 Å². The van der Waals surface area contributed by atoms with Gasteiger partial charge < -0.3 is 0 Å². The molecule has 0 aliphatic heterocycles. The molecule has 0 amide bonds. The number of aryl methyl sites for hydroxylation is 1. The number of benzene rings is 2. The second kappa shape index (κ2) is 5.87. The van der Waals surface area contributed by atoms with Crippen molar-refractivity contribution in [3.05, 3.63) is 58.1 Å². The van der Waals surface area contributed by atoms with Crippen LogP contribution in [0.2, 0.25) is 0 Å².